The van der Waals surface area contributed by atoms with Crippen molar-refractivity contribution in [3.05, 3.63) is 69.8 Å². The first-order chi connectivity index (χ1) is 14.0. The normalized spacial score (nSPS) is 16.2. The molecule has 148 valence electrons. The van der Waals surface area contributed by atoms with Crippen LogP contribution >= 0.6 is 23.2 Å². The van der Waals surface area contributed by atoms with Crippen molar-refractivity contribution < 1.29 is 9.53 Å². The topological polar surface area (TPSA) is 54.8 Å². The Bertz CT molecular complexity index is 1130. The molecule has 3 aromatic rings. The van der Waals surface area contributed by atoms with Crippen LogP contribution in [0.3, 0.4) is 0 Å². The van der Waals surface area contributed by atoms with Gasteiger partial charge < -0.3 is 4.74 Å². The van der Waals surface area contributed by atoms with Crippen LogP contribution in [0, 0.1) is 0 Å². The van der Waals surface area contributed by atoms with Crippen LogP contribution in [0.15, 0.2) is 53.6 Å². The van der Waals surface area contributed by atoms with Crippen molar-refractivity contribution in [3.8, 4) is 5.75 Å². The number of para-hydroxylation sites is 1. The molecule has 29 heavy (non-hydrogen) atoms. The molecule has 1 aliphatic rings. The van der Waals surface area contributed by atoms with E-state index in [4.69, 9.17) is 27.9 Å². The standard InChI is InChI=1S/C22H19Cl2N3O2/c1-3-20(28)27-18(12-17(26-27)13-6-4-8-15(23)10-13)16-11-14-7-5-9-19(29-2)21(14)25-22(16)24/h4-11,18H,3,12H2,1-2H3/t18-/m0/s1. The Kier molecular flexibility index (Phi) is 5.43. The van der Waals surface area contributed by atoms with Gasteiger partial charge in [-0.3, -0.25) is 4.79 Å². The summed E-state index contributed by atoms with van der Waals surface area (Å²) in [7, 11) is 1.60. The minimum atomic E-state index is -0.327. The van der Waals surface area contributed by atoms with Crippen molar-refractivity contribution >= 4 is 45.7 Å². The van der Waals surface area contributed by atoms with Crippen LogP contribution in [0.4, 0.5) is 0 Å². The van der Waals surface area contributed by atoms with Gasteiger partial charge in [0.05, 0.1) is 18.9 Å². The number of hydrogen-bond donors (Lipinski definition) is 0. The summed E-state index contributed by atoms with van der Waals surface area (Å²) in [6, 6.07) is 14.8. The van der Waals surface area contributed by atoms with E-state index in [1.165, 1.54) is 5.01 Å². The Morgan fingerprint density at radius 3 is 2.72 bits per heavy atom. The highest BCUT2D eigenvalue weighted by Gasteiger charge is 2.34. The smallest absolute Gasteiger partial charge is 0.242 e. The molecule has 4 rings (SSSR count). The molecule has 2 aromatic carbocycles. The predicted molar refractivity (Wildman–Crippen MR) is 116 cm³/mol. The van der Waals surface area contributed by atoms with Gasteiger partial charge in [0.25, 0.3) is 0 Å². The lowest BCUT2D eigenvalue weighted by Gasteiger charge is -2.22. The van der Waals surface area contributed by atoms with Gasteiger partial charge in [0.1, 0.15) is 16.4 Å². The monoisotopic (exact) mass is 427 g/mol. The van der Waals surface area contributed by atoms with Gasteiger partial charge in [0, 0.05) is 28.8 Å². The van der Waals surface area contributed by atoms with E-state index in [9.17, 15) is 4.79 Å². The average molecular weight is 428 g/mol. The first kappa shape index (κ1) is 19.7. The Balaban J connectivity index is 1.79. The molecule has 5 nitrogen and oxygen atoms in total. The lowest BCUT2D eigenvalue weighted by molar-refractivity contribution is -0.132. The summed E-state index contributed by atoms with van der Waals surface area (Å²) in [6.07, 6.45) is 0.873. The van der Waals surface area contributed by atoms with Crippen LogP contribution in [-0.4, -0.2) is 28.7 Å². The third-order valence-electron chi connectivity index (χ3n) is 4.99. The summed E-state index contributed by atoms with van der Waals surface area (Å²) < 4.78 is 5.39. The predicted octanol–water partition coefficient (Wildman–Crippen LogP) is 5.64. The Hall–Kier alpha value is -2.63. The summed E-state index contributed by atoms with van der Waals surface area (Å²) in [6.45, 7) is 1.82. The van der Waals surface area contributed by atoms with Crippen molar-refractivity contribution in [1.29, 1.82) is 0 Å². The SMILES string of the molecule is CCC(=O)N1N=C(c2cccc(Cl)c2)C[C@H]1c1cc2cccc(OC)c2nc1Cl. The molecular weight excluding hydrogens is 409 g/mol. The second-order valence-electron chi connectivity index (χ2n) is 6.77. The molecule has 0 saturated heterocycles. The van der Waals surface area contributed by atoms with Gasteiger partial charge in [-0.2, -0.15) is 5.10 Å². The van der Waals surface area contributed by atoms with E-state index < -0.39 is 0 Å². The number of pyridine rings is 1. The van der Waals surface area contributed by atoms with Crippen LogP contribution in [0.25, 0.3) is 10.9 Å². The lowest BCUT2D eigenvalue weighted by Crippen LogP contribution is -2.26. The van der Waals surface area contributed by atoms with Gasteiger partial charge in [-0.05, 0) is 29.8 Å². The van der Waals surface area contributed by atoms with E-state index in [0.717, 1.165) is 22.2 Å². The summed E-state index contributed by atoms with van der Waals surface area (Å²) in [5, 5.41) is 7.99. The maximum Gasteiger partial charge on any atom is 0.242 e. The first-order valence-electron chi connectivity index (χ1n) is 9.30. The van der Waals surface area contributed by atoms with Crippen molar-refractivity contribution in [2.45, 2.75) is 25.8 Å². The molecule has 7 heteroatoms. The third kappa shape index (κ3) is 3.68. The molecule has 0 radical (unpaired) electrons. The summed E-state index contributed by atoms with van der Waals surface area (Å²) in [5.74, 6) is 0.577. The van der Waals surface area contributed by atoms with Gasteiger partial charge in [0.2, 0.25) is 5.91 Å². The quantitative estimate of drug-likeness (QED) is 0.506. The molecule has 2 heterocycles. The number of benzene rings is 2. The summed E-state index contributed by atoms with van der Waals surface area (Å²) in [4.78, 5) is 17.2. The van der Waals surface area contributed by atoms with E-state index in [1.807, 2.05) is 55.5 Å². The number of rotatable bonds is 4. The van der Waals surface area contributed by atoms with Crippen molar-refractivity contribution in [2.24, 2.45) is 5.10 Å². The lowest BCUT2D eigenvalue weighted by atomic mass is 9.98. The molecule has 1 aliphatic heterocycles. The van der Waals surface area contributed by atoms with Gasteiger partial charge in [-0.25, -0.2) is 9.99 Å². The largest absolute Gasteiger partial charge is 0.494 e. The van der Waals surface area contributed by atoms with Crippen molar-refractivity contribution in [1.82, 2.24) is 9.99 Å². The zero-order chi connectivity index (χ0) is 20.5. The number of aromatic nitrogens is 1. The highest BCUT2D eigenvalue weighted by molar-refractivity contribution is 6.31. The van der Waals surface area contributed by atoms with Crippen molar-refractivity contribution in [3.63, 3.8) is 0 Å². The molecule has 0 saturated carbocycles. The molecule has 0 bridgehead atoms. The number of fused-ring (bicyclic) bond motifs is 1. The molecule has 1 aromatic heterocycles. The Morgan fingerprint density at radius 1 is 1.21 bits per heavy atom. The minimum absolute atomic E-state index is 0.0752. The van der Waals surface area contributed by atoms with Gasteiger partial charge in [0.15, 0.2) is 0 Å². The fraction of sp³-hybridized carbons (Fsp3) is 0.227. The molecule has 1 atom stereocenters. The number of nitrogens with zero attached hydrogens (tertiary/aromatic N) is 3. The fourth-order valence-electron chi connectivity index (χ4n) is 3.55. The number of amides is 1. The van der Waals surface area contributed by atoms with E-state index >= 15 is 0 Å². The van der Waals surface area contributed by atoms with E-state index in [2.05, 4.69) is 10.1 Å². The number of halogens is 2. The maximum atomic E-state index is 12.6. The van der Waals surface area contributed by atoms with Gasteiger partial charge in [-0.1, -0.05) is 54.4 Å². The Labute approximate surface area is 178 Å². The molecule has 0 unspecified atom stereocenters. The number of carbonyl (C=O) groups excluding carboxylic acids is 1. The first-order valence-corrected chi connectivity index (χ1v) is 10.1. The highest BCUT2D eigenvalue weighted by atomic mass is 35.5. The van der Waals surface area contributed by atoms with Crippen molar-refractivity contribution in [2.75, 3.05) is 7.11 Å². The van der Waals surface area contributed by atoms with E-state index in [-0.39, 0.29) is 11.9 Å². The number of carbonyl (C=O) groups is 1. The summed E-state index contributed by atoms with van der Waals surface area (Å²) >= 11 is 12.7. The van der Waals surface area contributed by atoms with Crippen LogP contribution in [-0.2, 0) is 4.79 Å². The van der Waals surface area contributed by atoms with Crippen LogP contribution in [0.5, 0.6) is 5.75 Å². The van der Waals surface area contributed by atoms with Crippen LogP contribution in [0.1, 0.15) is 36.9 Å². The zero-order valence-corrected chi connectivity index (χ0v) is 17.5. The molecule has 0 N–H and O–H groups in total. The minimum Gasteiger partial charge on any atom is -0.494 e. The second-order valence-corrected chi connectivity index (χ2v) is 7.56. The number of ether oxygens (including phenoxy) is 1. The number of methoxy groups -OCH3 is 1. The average Bonchev–Trinajstić information content (AvgIpc) is 3.17. The van der Waals surface area contributed by atoms with Crippen LogP contribution < -0.4 is 4.74 Å². The molecular formula is C22H19Cl2N3O2. The van der Waals surface area contributed by atoms with Gasteiger partial charge >= 0.3 is 0 Å². The molecule has 0 spiro atoms. The third-order valence-corrected chi connectivity index (χ3v) is 5.53. The maximum absolute atomic E-state index is 12.6. The summed E-state index contributed by atoms with van der Waals surface area (Å²) in [5.41, 5.74) is 3.13. The van der Waals surface area contributed by atoms with E-state index in [0.29, 0.717) is 34.3 Å². The fourth-order valence-corrected chi connectivity index (χ4v) is 4.01. The van der Waals surface area contributed by atoms with E-state index in [1.54, 1.807) is 7.11 Å². The zero-order valence-electron chi connectivity index (χ0n) is 16.0. The molecule has 0 fully saturated rings. The molecule has 1 amide bonds. The Morgan fingerprint density at radius 2 is 2.00 bits per heavy atom. The molecule has 0 aliphatic carbocycles. The number of hydrazone groups is 1. The number of hydrogen-bond acceptors (Lipinski definition) is 4. The van der Waals surface area contributed by atoms with Gasteiger partial charge in [-0.15, -0.1) is 0 Å². The van der Waals surface area contributed by atoms with Crippen LogP contribution in [0.2, 0.25) is 10.2 Å². The highest BCUT2D eigenvalue weighted by Crippen LogP contribution is 2.38. The second kappa shape index (κ2) is 8.01.